The van der Waals surface area contributed by atoms with Gasteiger partial charge in [-0.15, -0.1) is 0 Å². The van der Waals surface area contributed by atoms with Crippen molar-refractivity contribution >= 4 is 17.6 Å². The first-order valence-electron chi connectivity index (χ1n) is 10.4. The van der Waals surface area contributed by atoms with Crippen molar-refractivity contribution in [2.45, 2.75) is 32.5 Å². The smallest absolute Gasteiger partial charge is 0.330 e. The molecule has 0 bridgehead atoms. The van der Waals surface area contributed by atoms with Crippen molar-refractivity contribution in [3.63, 3.8) is 0 Å². The molecular weight excluding hydrogens is 446 g/mol. The molecular formula is C24H26ClN3O5. The normalized spacial score (nSPS) is 11.8. The fourth-order valence-corrected chi connectivity index (χ4v) is 3.59. The first kappa shape index (κ1) is 24.3. The SMILES string of the molecule is Cc1cc(CNC(CC(=O)O)c2ccc(Cl)cc2)ccc1OCCn1c(=O)ccn(C)c1=O. The number of hydrogen-bond donors (Lipinski definition) is 2. The van der Waals surface area contributed by atoms with Crippen LogP contribution in [0.4, 0.5) is 0 Å². The van der Waals surface area contributed by atoms with Gasteiger partial charge in [0.25, 0.3) is 5.56 Å². The summed E-state index contributed by atoms with van der Waals surface area (Å²) in [4.78, 5) is 35.3. The van der Waals surface area contributed by atoms with Crippen LogP contribution in [0, 0.1) is 6.92 Å². The fraction of sp³-hybridized carbons (Fsp3) is 0.292. The number of carbonyl (C=O) groups is 1. The van der Waals surface area contributed by atoms with E-state index in [1.54, 1.807) is 19.2 Å². The van der Waals surface area contributed by atoms with Crippen LogP contribution in [-0.4, -0.2) is 26.8 Å². The van der Waals surface area contributed by atoms with E-state index in [1.165, 1.54) is 16.8 Å². The number of aliphatic carboxylic acids is 1. The molecule has 0 fully saturated rings. The van der Waals surface area contributed by atoms with Crippen LogP contribution in [0.25, 0.3) is 0 Å². The first-order chi connectivity index (χ1) is 15.7. The molecule has 8 nitrogen and oxygen atoms in total. The predicted molar refractivity (Wildman–Crippen MR) is 126 cm³/mol. The van der Waals surface area contributed by atoms with E-state index >= 15 is 0 Å². The van der Waals surface area contributed by atoms with Crippen LogP contribution in [0.3, 0.4) is 0 Å². The van der Waals surface area contributed by atoms with E-state index in [4.69, 9.17) is 16.3 Å². The molecule has 1 atom stereocenters. The van der Waals surface area contributed by atoms with Crippen LogP contribution in [0.15, 0.2) is 64.3 Å². The molecule has 0 saturated heterocycles. The zero-order chi connectivity index (χ0) is 24.0. The summed E-state index contributed by atoms with van der Waals surface area (Å²) in [6.45, 7) is 2.69. The maximum atomic E-state index is 12.1. The lowest BCUT2D eigenvalue weighted by Crippen LogP contribution is -2.39. The average molecular weight is 472 g/mol. The summed E-state index contributed by atoms with van der Waals surface area (Å²) >= 11 is 5.94. The van der Waals surface area contributed by atoms with Crippen LogP contribution < -0.4 is 21.3 Å². The van der Waals surface area contributed by atoms with Crippen molar-refractivity contribution in [1.82, 2.24) is 14.5 Å². The molecule has 1 heterocycles. The van der Waals surface area contributed by atoms with Crippen LogP contribution in [0.5, 0.6) is 5.75 Å². The molecule has 0 spiro atoms. The summed E-state index contributed by atoms with van der Waals surface area (Å²) in [7, 11) is 1.59. The van der Waals surface area contributed by atoms with Crippen molar-refractivity contribution < 1.29 is 14.6 Å². The van der Waals surface area contributed by atoms with Crippen molar-refractivity contribution in [2.75, 3.05) is 6.61 Å². The summed E-state index contributed by atoms with van der Waals surface area (Å²) in [5.74, 6) is -0.242. The van der Waals surface area contributed by atoms with Gasteiger partial charge in [0.1, 0.15) is 12.4 Å². The summed E-state index contributed by atoms with van der Waals surface area (Å²) in [6, 6.07) is 13.8. The number of carboxylic acid groups (broad SMARTS) is 1. The maximum Gasteiger partial charge on any atom is 0.330 e. The van der Waals surface area contributed by atoms with E-state index in [9.17, 15) is 19.5 Å². The number of nitrogens with zero attached hydrogens (tertiary/aromatic N) is 2. The Morgan fingerprint density at radius 2 is 1.88 bits per heavy atom. The van der Waals surface area contributed by atoms with E-state index < -0.39 is 5.97 Å². The fourth-order valence-electron chi connectivity index (χ4n) is 3.47. The molecule has 0 aliphatic carbocycles. The minimum atomic E-state index is -0.894. The molecule has 3 rings (SSSR count). The van der Waals surface area contributed by atoms with Gasteiger partial charge in [-0.1, -0.05) is 35.9 Å². The summed E-state index contributed by atoms with van der Waals surface area (Å²) < 4.78 is 8.26. The topological polar surface area (TPSA) is 103 Å². The minimum Gasteiger partial charge on any atom is -0.491 e. The first-order valence-corrected chi connectivity index (χ1v) is 10.8. The van der Waals surface area contributed by atoms with Gasteiger partial charge in [-0.3, -0.25) is 14.2 Å². The van der Waals surface area contributed by atoms with E-state index in [1.807, 2.05) is 37.3 Å². The highest BCUT2D eigenvalue weighted by Gasteiger charge is 2.15. The van der Waals surface area contributed by atoms with Gasteiger partial charge >= 0.3 is 11.7 Å². The molecule has 0 aliphatic rings. The standard InChI is InChI=1S/C24H26ClN3O5/c1-16-13-17(15-26-20(14-23(30)31)18-4-6-19(25)7-5-18)3-8-21(16)33-12-11-28-22(29)9-10-27(2)24(28)32/h3-10,13,20,26H,11-12,14-15H2,1-2H3,(H,30,31). The van der Waals surface area contributed by atoms with E-state index in [2.05, 4.69) is 5.32 Å². The number of benzene rings is 2. The van der Waals surface area contributed by atoms with Gasteiger partial charge in [0.15, 0.2) is 0 Å². The van der Waals surface area contributed by atoms with Crippen molar-refractivity contribution in [2.24, 2.45) is 7.05 Å². The summed E-state index contributed by atoms with van der Waals surface area (Å²) in [6.07, 6.45) is 1.38. The zero-order valence-electron chi connectivity index (χ0n) is 18.5. The molecule has 1 unspecified atom stereocenters. The van der Waals surface area contributed by atoms with Crippen LogP contribution in [0.1, 0.15) is 29.2 Å². The van der Waals surface area contributed by atoms with Crippen molar-refractivity contribution in [3.8, 4) is 5.75 Å². The number of halogens is 1. The number of rotatable bonds is 10. The van der Waals surface area contributed by atoms with Crippen molar-refractivity contribution in [3.05, 3.63) is 97.3 Å². The lowest BCUT2D eigenvalue weighted by molar-refractivity contribution is -0.137. The van der Waals surface area contributed by atoms with Gasteiger partial charge in [0.05, 0.1) is 13.0 Å². The largest absolute Gasteiger partial charge is 0.491 e. The van der Waals surface area contributed by atoms with Gasteiger partial charge in [0, 0.05) is 36.9 Å². The zero-order valence-corrected chi connectivity index (χ0v) is 19.2. The average Bonchev–Trinajstić information content (AvgIpc) is 2.78. The van der Waals surface area contributed by atoms with E-state index in [-0.39, 0.29) is 36.9 Å². The molecule has 0 aliphatic heterocycles. The molecule has 0 saturated carbocycles. The Labute approximate surface area is 196 Å². The minimum absolute atomic E-state index is 0.0554. The van der Waals surface area contributed by atoms with Gasteiger partial charge in [-0.2, -0.15) is 0 Å². The predicted octanol–water partition coefficient (Wildman–Crippen LogP) is 2.89. The van der Waals surface area contributed by atoms with E-state index in [0.29, 0.717) is 17.3 Å². The van der Waals surface area contributed by atoms with Gasteiger partial charge < -0.3 is 19.7 Å². The summed E-state index contributed by atoms with van der Waals surface area (Å²) in [5.41, 5.74) is 1.96. The Hall–Kier alpha value is -3.36. The van der Waals surface area contributed by atoms with Crippen LogP contribution in [0.2, 0.25) is 5.02 Å². The van der Waals surface area contributed by atoms with Gasteiger partial charge in [0.2, 0.25) is 0 Å². The third kappa shape index (κ3) is 6.57. The Kier molecular flexibility index (Phi) is 8.08. The van der Waals surface area contributed by atoms with Crippen LogP contribution in [-0.2, 0) is 24.9 Å². The highest BCUT2D eigenvalue weighted by Crippen LogP contribution is 2.22. The van der Waals surface area contributed by atoms with Crippen molar-refractivity contribution in [1.29, 1.82) is 0 Å². The molecule has 3 aromatic rings. The molecule has 2 aromatic carbocycles. The Balaban J connectivity index is 1.62. The molecule has 1 aromatic heterocycles. The third-order valence-electron chi connectivity index (χ3n) is 5.25. The quantitative estimate of drug-likeness (QED) is 0.471. The Morgan fingerprint density at radius 1 is 1.15 bits per heavy atom. The number of hydrogen-bond acceptors (Lipinski definition) is 5. The lowest BCUT2D eigenvalue weighted by Gasteiger charge is -2.18. The Morgan fingerprint density at radius 3 is 2.55 bits per heavy atom. The monoisotopic (exact) mass is 471 g/mol. The second kappa shape index (κ2) is 11.0. The number of carboxylic acids is 1. The number of aromatic nitrogens is 2. The summed E-state index contributed by atoms with van der Waals surface area (Å²) in [5, 5.41) is 13.2. The van der Waals surface area contributed by atoms with E-state index in [0.717, 1.165) is 21.3 Å². The molecule has 9 heteroatoms. The highest BCUT2D eigenvalue weighted by atomic mass is 35.5. The number of aryl methyl sites for hydroxylation is 2. The molecule has 2 N–H and O–H groups in total. The second-order valence-electron chi connectivity index (χ2n) is 7.73. The number of nitrogens with one attached hydrogen (secondary N) is 1. The lowest BCUT2D eigenvalue weighted by atomic mass is 10.0. The van der Waals surface area contributed by atoms with Crippen LogP contribution >= 0.6 is 11.6 Å². The molecule has 0 amide bonds. The third-order valence-corrected chi connectivity index (χ3v) is 5.51. The Bertz CT molecular complexity index is 1230. The highest BCUT2D eigenvalue weighted by molar-refractivity contribution is 6.30. The maximum absolute atomic E-state index is 12.1. The molecule has 174 valence electrons. The van der Waals surface area contributed by atoms with Gasteiger partial charge in [-0.05, 0) is 41.8 Å². The number of ether oxygens (including phenoxy) is 1. The molecule has 0 radical (unpaired) electrons. The van der Waals surface area contributed by atoms with Gasteiger partial charge in [-0.25, -0.2) is 4.79 Å². The second-order valence-corrected chi connectivity index (χ2v) is 8.17. The molecule has 33 heavy (non-hydrogen) atoms.